The Bertz CT molecular complexity index is 121. The van der Waals surface area contributed by atoms with Crippen molar-refractivity contribution in [2.45, 2.75) is 46.0 Å². The highest BCUT2D eigenvalue weighted by Gasteiger charge is 2.49. The van der Waals surface area contributed by atoms with E-state index in [0.29, 0.717) is 0 Å². The summed E-state index contributed by atoms with van der Waals surface area (Å²) in [5.74, 6) is 2.08. The molecule has 2 aliphatic carbocycles. The van der Waals surface area contributed by atoms with E-state index in [1.807, 2.05) is 0 Å². The van der Waals surface area contributed by atoms with Crippen LogP contribution >= 0.6 is 0 Å². The summed E-state index contributed by atoms with van der Waals surface area (Å²) in [7, 11) is 0. The average molecular weight is 138 g/mol. The maximum Gasteiger partial charge on any atom is -0.0246 e. The number of rotatable bonds is 0. The van der Waals surface area contributed by atoms with E-state index in [9.17, 15) is 0 Å². The molecule has 0 saturated heterocycles. The molecule has 0 radical (unpaired) electrons. The van der Waals surface area contributed by atoms with Gasteiger partial charge in [0.1, 0.15) is 0 Å². The van der Waals surface area contributed by atoms with Gasteiger partial charge in [0.2, 0.25) is 0 Å². The molecular formula is C10H18. The molecule has 10 heavy (non-hydrogen) atoms. The first-order valence-corrected chi connectivity index (χ1v) is 4.76. The SMILES string of the molecule is CC1CCC(C)C12CCC2. The summed E-state index contributed by atoms with van der Waals surface area (Å²) in [5, 5.41) is 0. The Morgan fingerprint density at radius 1 is 1.00 bits per heavy atom. The van der Waals surface area contributed by atoms with Gasteiger partial charge in [0.15, 0.2) is 0 Å². The fraction of sp³-hybridized carbons (Fsp3) is 1.00. The fourth-order valence-corrected chi connectivity index (χ4v) is 3.13. The van der Waals surface area contributed by atoms with Crippen LogP contribution < -0.4 is 0 Å². The molecule has 2 rings (SSSR count). The second kappa shape index (κ2) is 1.99. The van der Waals surface area contributed by atoms with Gasteiger partial charge in [-0.3, -0.25) is 0 Å². The minimum Gasteiger partial charge on any atom is -0.0620 e. The molecule has 0 aromatic heterocycles. The van der Waals surface area contributed by atoms with Crippen LogP contribution in [0.3, 0.4) is 0 Å². The minimum absolute atomic E-state index is 0.833. The molecule has 2 unspecified atom stereocenters. The van der Waals surface area contributed by atoms with E-state index in [4.69, 9.17) is 0 Å². The molecule has 0 heteroatoms. The van der Waals surface area contributed by atoms with Gasteiger partial charge in [-0.05, 0) is 42.9 Å². The average Bonchev–Trinajstić information content (AvgIpc) is 2.06. The predicted octanol–water partition coefficient (Wildman–Crippen LogP) is 3.22. The molecule has 0 N–H and O–H groups in total. The van der Waals surface area contributed by atoms with Gasteiger partial charge < -0.3 is 0 Å². The highest BCUT2D eigenvalue weighted by atomic mass is 14.5. The van der Waals surface area contributed by atoms with Gasteiger partial charge in [0, 0.05) is 0 Å². The van der Waals surface area contributed by atoms with Gasteiger partial charge >= 0.3 is 0 Å². The molecule has 2 aliphatic rings. The van der Waals surface area contributed by atoms with Crippen LogP contribution in [0.15, 0.2) is 0 Å². The molecule has 0 bridgehead atoms. The molecule has 0 aliphatic heterocycles. The predicted molar refractivity (Wildman–Crippen MR) is 43.8 cm³/mol. The summed E-state index contributed by atoms with van der Waals surface area (Å²) in [4.78, 5) is 0. The molecule has 0 amide bonds. The van der Waals surface area contributed by atoms with Crippen LogP contribution in [0.4, 0.5) is 0 Å². The summed E-state index contributed by atoms with van der Waals surface area (Å²) in [6.45, 7) is 4.92. The van der Waals surface area contributed by atoms with Crippen molar-refractivity contribution < 1.29 is 0 Å². The summed E-state index contributed by atoms with van der Waals surface area (Å²) >= 11 is 0. The van der Waals surface area contributed by atoms with E-state index < -0.39 is 0 Å². The van der Waals surface area contributed by atoms with Crippen LogP contribution in [0.2, 0.25) is 0 Å². The molecule has 2 saturated carbocycles. The zero-order valence-electron chi connectivity index (χ0n) is 7.19. The van der Waals surface area contributed by atoms with Crippen LogP contribution in [0.5, 0.6) is 0 Å². The fourth-order valence-electron chi connectivity index (χ4n) is 3.13. The third kappa shape index (κ3) is 0.627. The smallest absolute Gasteiger partial charge is 0.0246 e. The monoisotopic (exact) mass is 138 g/mol. The highest BCUT2D eigenvalue weighted by molar-refractivity contribution is 4.99. The Morgan fingerprint density at radius 2 is 1.50 bits per heavy atom. The van der Waals surface area contributed by atoms with Crippen molar-refractivity contribution in [3.8, 4) is 0 Å². The molecule has 0 heterocycles. The van der Waals surface area contributed by atoms with Gasteiger partial charge in [0.25, 0.3) is 0 Å². The van der Waals surface area contributed by atoms with E-state index in [0.717, 1.165) is 17.3 Å². The van der Waals surface area contributed by atoms with E-state index in [2.05, 4.69) is 13.8 Å². The van der Waals surface area contributed by atoms with Crippen LogP contribution in [0, 0.1) is 17.3 Å². The van der Waals surface area contributed by atoms with E-state index >= 15 is 0 Å². The van der Waals surface area contributed by atoms with E-state index in [1.54, 1.807) is 0 Å². The molecule has 2 fully saturated rings. The van der Waals surface area contributed by atoms with Crippen molar-refractivity contribution in [1.82, 2.24) is 0 Å². The quantitative estimate of drug-likeness (QED) is 0.482. The first kappa shape index (κ1) is 6.69. The Labute approximate surface area is 64.0 Å². The third-order valence-corrected chi connectivity index (χ3v) is 4.28. The standard InChI is InChI=1S/C10H18/c1-8-4-5-9(2)10(8)6-3-7-10/h8-9H,3-7H2,1-2H3. The maximum atomic E-state index is 2.46. The first-order chi connectivity index (χ1) is 4.76. The molecule has 58 valence electrons. The maximum absolute atomic E-state index is 2.46. The van der Waals surface area contributed by atoms with Crippen LogP contribution in [-0.4, -0.2) is 0 Å². The topological polar surface area (TPSA) is 0 Å². The Balaban J connectivity index is 2.15. The van der Waals surface area contributed by atoms with Gasteiger partial charge in [-0.15, -0.1) is 0 Å². The molecule has 0 nitrogen and oxygen atoms in total. The molecule has 0 aromatic carbocycles. The third-order valence-electron chi connectivity index (χ3n) is 4.28. The Hall–Kier alpha value is 0. The lowest BCUT2D eigenvalue weighted by atomic mass is 9.59. The van der Waals surface area contributed by atoms with Crippen molar-refractivity contribution >= 4 is 0 Å². The zero-order valence-corrected chi connectivity index (χ0v) is 7.19. The van der Waals surface area contributed by atoms with Crippen LogP contribution in [0.1, 0.15) is 46.0 Å². The lowest BCUT2D eigenvalue weighted by Gasteiger charge is -2.46. The first-order valence-electron chi connectivity index (χ1n) is 4.76. The minimum atomic E-state index is 0.833. The van der Waals surface area contributed by atoms with Gasteiger partial charge in [-0.1, -0.05) is 20.3 Å². The van der Waals surface area contributed by atoms with Crippen molar-refractivity contribution in [1.29, 1.82) is 0 Å². The van der Waals surface area contributed by atoms with Gasteiger partial charge in [0.05, 0.1) is 0 Å². The molecule has 1 spiro atoms. The summed E-state index contributed by atoms with van der Waals surface area (Å²) < 4.78 is 0. The zero-order chi connectivity index (χ0) is 7.19. The second-order valence-electron chi connectivity index (χ2n) is 4.47. The van der Waals surface area contributed by atoms with Crippen molar-refractivity contribution in [3.63, 3.8) is 0 Å². The van der Waals surface area contributed by atoms with E-state index in [-0.39, 0.29) is 0 Å². The summed E-state index contributed by atoms with van der Waals surface area (Å²) in [6, 6.07) is 0. The summed E-state index contributed by atoms with van der Waals surface area (Å²) in [6.07, 6.45) is 7.58. The number of hydrogen-bond donors (Lipinski definition) is 0. The van der Waals surface area contributed by atoms with Crippen LogP contribution in [0.25, 0.3) is 0 Å². The molecule has 2 atom stereocenters. The van der Waals surface area contributed by atoms with Crippen molar-refractivity contribution in [2.75, 3.05) is 0 Å². The van der Waals surface area contributed by atoms with Crippen molar-refractivity contribution in [3.05, 3.63) is 0 Å². The lowest BCUT2D eigenvalue weighted by Crippen LogP contribution is -2.36. The van der Waals surface area contributed by atoms with E-state index in [1.165, 1.54) is 32.1 Å². The lowest BCUT2D eigenvalue weighted by molar-refractivity contribution is 0.0428. The van der Waals surface area contributed by atoms with Gasteiger partial charge in [-0.25, -0.2) is 0 Å². The van der Waals surface area contributed by atoms with Crippen LogP contribution in [-0.2, 0) is 0 Å². The summed E-state index contributed by atoms with van der Waals surface area (Å²) in [5.41, 5.74) is 0.833. The second-order valence-corrected chi connectivity index (χ2v) is 4.47. The molecule has 0 aromatic rings. The van der Waals surface area contributed by atoms with Gasteiger partial charge in [-0.2, -0.15) is 0 Å². The Kier molecular flexibility index (Phi) is 1.33. The Morgan fingerprint density at radius 3 is 1.70 bits per heavy atom. The highest BCUT2D eigenvalue weighted by Crippen LogP contribution is 2.59. The normalized spacial score (nSPS) is 43.8. The number of hydrogen-bond acceptors (Lipinski definition) is 0. The largest absolute Gasteiger partial charge is 0.0620 e. The molecular weight excluding hydrogens is 120 g/mol. The van der Waals surface area contributed by atoms with Crippen molar-refractivity contribution in [2.24, 2.45) is 17.3 Å².